The summed E-state index contributed by atoms with van der Waals surface area (Å²) >= 11 is 1.42. The summed E-state index contributed by atoms with van der Waals surface area (Å²) in [6.07, 6.45) is 0.500. The van der Waals surface area contributed by atoms with E-state index >= 15 is 0 Å². The third-order valence-electron chi connectivity index (χ3n) is 9.00. The third kappa shape index (κ3) is 11.1. The van der Waals surface area contributed by atoms with Crippen LogP contribution in [0.3, 0.4) is 0 Å². The summed E-state index contributed by atoms with van der Waals surface area (Å²) in [6.45, 7) is -0.390. The fourth-order valence-corrected chi connectivity index (χ4v) is 6.88. The van der Waals surface area contributed by atoms with Crippen molar-refractivity contribution < 1.29 is 43.3 Å². The molecule has 12 nitrogen and oxygen atoms in total. The minimum absolute atomic E-state index is 0.00790. The molecule has 3 aromatic carbocycles. The molecule has 4 aromatic rings. The summed E-state index contributed by atoms with van der Waals surface area (Å²) < 4.78 is 16.5. The SMILES string of the molecule is COc1ccc(C[C@@H]2NC(=O)[C@@H](Cc3cccs3)NC(=O)COc3ccc(cc3)C[C@@H](C(=O)O)CC(=O)[C@@H](CCc3ccccc3)NC2=O)cc1OC. The fraction of sp³-hybridized carbons (Fsp3) is 0.325. The van der Waals surface area contributed by atoms with Crippen molar-refractivity contribution in [1.29, 1.82) is 0 Å². The molecule has 2 aliphatic heterocycles. The number of amides is 3. The molecule has 0 spiro atoms. The predicted molar refractivity (Wildman–Crippen MR) is 198 cm³/mol. The quantitative estimate of drug-likeness (QED) is 0.176. The maximum Gasteiger partial charge on any atom is 0.307 e. The summed E-state index contributed by atoms with van der Waals surface area (Å²) in [5.74, 6) is -3.23. The van der Waals surface area contributed by atoms with Gasteiger partial charge < -0.3 is 35.3 Å². The molecule has 2 bridgehead atoms. The highest BCUT2D eigenvalue weighted by Crippen LogP contribution is 2.28. The van der Waals surface area contributed by atoms with Crippen LogP contribution >= 0.6 is 11.3 Å². The molecule has 0 saturated carbocycles. The van der Waals surface area contributed by atoms with Crippen LogP contribution in [0.5, 0.6) is 17.2 Å². The molecule has 2 aliphatic rings. The zero-order valence-electron chi connectivity index (χ0n) is 29.5. The topological polar surface area (TPSA) is 169 Å². The number of aryl methyl sites for hydroxylation is 1. The average Bonchev–Trinajstić information content (AvgIpc) is 3.68. The van der Waals surface area contributed by atoms with Gasteiger partial charge in [0.1, 0.15) is 17.8 Å². The average molecular weight is 742 g/mol. The van der Waals surface area contributed by atoms with E-state index in [2.05, 4.69) is 16.0 Å². The largest absolute Gasteiger partial charge is 0.493 e. The first-order valence-electron chi connectivity index (χ1n) is 17.3. The highest BCUT2D eigenvalue weighted by molar-refractivity contribution is 7.09. The Kier molecular flexibility index (Phi) is 13.6. The van der Waals surface area contributed by atoms with Crippen molar-refractivity contribution in [2.45, 2.75) is 56.7 Å². The molecule has 3 amide bonds. The molecule has 0 fully saturated rings. The van der Waals surface area contributed by atoms with E-state index in [1.165, 1.54) is 25.6 Å². The van der Waals surface area contributed by atoms with Crippen molar-refractivity contribution in [3.05, 3.63) is 112 Å². The lowest BCUT2D eigenvalue weighted by molar-refractivity contribution is -0.144. The number of rotatable bonds is 10. The van der Waals surface area contributed by atoms with Gasteiger partial charge in [0, 0.05) is 24.1 Å². The number of hydrogen-bond acceptors (Lipinski definition) is 9. The monoisotopic (exact) mass is 741 g/mol. The van der Waals surface area contributed by atoms with Crippen molar-refractivity contribution in [2.75, 3.05) is 20.8 Å². The van der Waals surface area contributed by atoms with Crippen molar-refractivity contribution in [3.8, 4) is 17.2 Å². The number of carboxylic acids is 1. The van der Waals surface area contributed by atoms with Gasteiger partial charge in [-0.3, -0.25) is 24.0 Å². The maximum atomic E-state index is 14.3. The number of thiophene rings is 1. The van der Waals surface area contributed by atoms with Crippen LogP contribution in [-0.2, 0) is 49.7 Å². The lowest BCUT2D eigenvalue weighted by atomic mass is 9.90. The molecule has 3 heterocycles. The molecular weight excluding hydrogens is 699 g/mol. The molecule has 6 rings (SSSR count). The van der Waals surface area contributed by atoms with E-state index in [0.717, 1.165) is 10.4 Å². The van der Waals surface area contributed by atoms with Gasteiger partial charge in [-0.05, 0) is 71.7 Å². The van der Waals surface area contributed by atoms with Gasteiger partial charge >= 0.3 is 5.97 Å². The number of ketones is 1. The number of methoxy groups -OCH3 is 2. The van der Waals surface area contributed by atoms with E-state index < -0.39 is 60.1 Å². The number of aliphatic carboxylic acids is 1. The zero-order chi connectivity index (χ0) is 37.7. The molecule has 4 N–H and O–H groups in total. The third-order valence-corrected chi connectivity index (χ3v) is 9.90. The number of hydrogen-bond donors (Lipinski definition) is 4. The number of ether oxygens (including phenoxy) is 3. The van der Waals surface area contributed by atoms with Gasteiger partial charge in [-0.2, -0.15) is 0 Å². The first-order valence-corrected chi connectivity index (χ1v) is 18.1. The van der Waals surface area contributed by atoms with Crippen LogP contribution < -0.4 is 30.2 Å². The molecule has 53 heavy (non-hydrogen) atoms. The molecular formula is C40H43N3O9S. The number of carbonyl (C=O) groups excluding carboxylic acids is 4. The van der Waals surface area contributed by atoms with Crippen LogP contribution in [-0.4, -0.2) is 73.5 Å². The number of nitrogens with one attached hydrogen (secondary N) is 3. The fourth-order valence-electron chi connectivity index (χ4n) is 6.13. The van der Waals surface area contributed by atoms with Crippen LogP contribution in [0.1, 0.15) is 34.4 Å². The first-order chi connectivity index (χ1) is 25.6. The van der Waals surface area contributed by atoms with E-state index in [4.69, 9.17) is 14.2 Å². The molecule has 1 aromatic heterocycles. The summed E-state index contributed by atoms with van der Waals surface area (Å²) in [5, 5.41) is 20.4. The number of carboxylic acid groups (broad SMARTS) is 1. The van der Waals surface area contributed by atoms with Crippen molar-refractivity contribution in [2.24, 2.45) is 5.92 Å². The van der Waals surface area contributed by atoms with E-state index in [-0.39, 0.29) is 32.1 Å². The number of Topliss-reactive ketones (excluding diaryl/α,β-unsaturated/α-hetero) is 1. The van der Waals surface area contributed by atoms with Crippen LogP contribution in [0.25, 0.3) is 0 Å². The highest BCUT2D eigenvalue weighted by atomic mass is 32.1. The normalized spacial score (nSPS) is 20.1. The Bertz CT molecular complexity index is 1870. The second kappa shape index (κ2) is 18.7. The molecule has 13 heteroatoms. The maximum absolute atomic E-state index is 14.3. The Balaban J connectivity index is 1.51. The summed E-state index contributed by atoms with van der Waals surface area (Å²) in [5.41, 5.74) is 2.21. The van der Waals surface area contributed by atoms with Gasteiger partial charge in [-0.25, -0.2) is 0 Å². The van der Waals surface area contributed by atoms with E-state index in [1.54, 1.807) is 42.5 Å². The second-order valence-electron chi connectivity index (χ2n) is 12.8. The minimum Gasteiger partial charge on any atom is -0.493 e. The summed E-state index contributed by atoms with van der Waals surface area (Å²) in [4.78, 5) is 68.7. The highest BCUT2D eigenvalue weighted by Gasteiger charge is 2.32. The predicted octanol–water partition coefficient (Wildman–Crippen LogP) is 3.93. The lowest BCUT2D eigenvalue weighted by Gasteiger charge is -2.26. The van der Waals surface area contributed by atoms with Gasteiger partial charge in [0.05, 0.1) is 26.2 Å². The Morgan fingerprint density at radius 3 is 2.13 bits per heavy atom. The first kappa shape index (κ1) is 38.5. The molecule has 4 atom stereocenters. The number of carbonyl (C=O) groups is 5. The standard InChI is InChI=1S/C40H43N3O9S/c1-50-35-17-13-27(21-36(35)51-2)20-32-38(46)42-31(16-12-25-7-4-3-5-8-25)34(44)22-28(40(48)49)19-26-10-14-29(15-11-26)52-24-37(45)41-33(39(47)43-32)23-30-9-6-18-53-30/h3-11,13-15,17-18,21,28,31-33H,12,16,19-20,22-24H2,1-2H3,(H,41,45)(H,42,46)(H,43,47)(H,48,49)/t28-,31-,32+,33-/m1/s1. The molecule has 0 radical (unpaired) electrons. The van der Waals surface area contributed by atoms with Gasteiger partial charge in [-0.15, -0.1) is 11.3 Å². The van der Waals surface area contributed by atoms with E-state index in [9.17, 15) is 29.1 Å². The Morgan fingerprint density at radius 1 is 0.774 bits per heavy atom. The van der Waals surface area contributed by atoms with Crippen molar-refractivity contribution in [3.63, 3.8) is 0 Å². The number of fused-ring (bicyclic) bond motifs is 16. The molecule has 278 valence electrons. The smallest absolute Gasteiger partial charge is 0.307 e. The zero-order valence-corrected chi connectivity index (χ0v) is 30.4. The second-order valence-corrected chi connectivity index (χ2v) is 13.8. The van der Waals surface area contributed by atoms with Crippen LogP contribution in [0.4, 0.5) is 0 Å². The Labute approximate surface area is 311 Å². The van der Waals surface area contributed by atoms with Crippen molar-refractivity contribution in [1.82, 2.24) is 16.0 Å². The summed E-state index contributed by atoms with van der Waals surface area (Å²) in [7, 11) is 2.99. The molecule has 0 saturated heterocycles. The Hall–Kier alpha value is -5.69. The van der Waals surface area contributed by atoms with Gasteiger partial charge in [0.2, 0.25) is 11.8 Å². The van der Waals surface area contributed by atoms with Gasteiger partial charge in [0.25, 0.3) is 5.91 Å². The van der Waals surface area contributed by atoms with Crippen LogP contribution in [0.15, 0.2) is 90.3 Å². The van der Waals surface area contributed by atoms with E-state index in [0.29, 0.717) is 34.8 Å². The van der Waals surface area contributed by atoms with Gasteiger partial charge in [0.15, 0.2) is 23.9 Å². The van der Waals surface area contributed by atoms with E-state index in [1.807, 2.05) is 47.8 Å². The van der Waals surface area contributed by atoms with Gasteiger partial charge in [-0.1, -0.05) is 54.6 Å². The van der Waals surface area contributed by atoms with Crippen LogP contribution in [0.2, 0.25) is 0 Å². The van der Waals surface area contributed by atoms with Crippen molar-refractivity contribution >= 4 is 40.8 Å². The minimum atomic E-state index is -1.21. The molecule has 0 unspecified atom stereocenters. The lowest BCUT2D eigenvalue weighted by Crippen LogP contribution is -2.57. The number of benzene rings is 3. The summed E-state index contributed by atoms with van der Waals surface area (Å²) in [6, 6.07) is 21.5. The molecule has 0 aliphatic carbocycles. The Morgan fingerprint density at radius 2 is 1.47 bits per heavy atom. The van der Waals surface area contributed by atoms with Crippen LogP contribution in [0, 0.1) is 5.92 Å².